The van der Waals surface area contributed by atoms with Crippen LogP contribution in [0.25, 0.3) is 0 Å². The Morgan fingerprint density at radius 3 is 2.56 bits per heavy atom. The maximum Gasteiger partial charge on any atom is 0.272 e. The van der Waals surface area contributed by atoms with Crippen molar-refractivity contribution in [3.8, 4) is 0 Å². The Bertz CT molecular complexity index is 760. The SMILES string of the molecule is Cn1c(CN2CCCCC2)nnc1C1CCN(C(=O)c2ccccn2)CC1. The quantitative estimate of drug-likeness (QED) is 0.828. The molecule has 2 aromatic heterocycles. The first-order valence-electron chi connectivity index (χ1n) is 10.0. The van der Waals surface area contributed by atoms with Crippen LogP contribution in [0.4, 0.5) is 0 Å². The first kappa shape index (κ1) is 18.1. The topological polar surface area (TPSA) is 67.2 Å². The van der Waals surface area contributed by atoms with E-state index in [1.807, 2.05) is 17.0 Å². The molecule has 4 heterocycles. The molecule has 0 aromatic carbocycles. The molecule has 0 atom stereocenters. The summed E-state index contributed by atoms with van der Waals surface area (Å²) in [6.45, 7) is 4.70. The number of rotatable bonds is 4. The first-order chi connectivity index (χ1) is 13.2. The van der Waals surface area contributed by atoms with Gasteiger partial charge in [0.25, 0.3) is 5.91 Å². The Morgan fingerprint density at radius 2 is 1.85 bits per heavy atom. The molecule has 2 aliphatic rings. The van der Waals surface area contributed by atoms with Crippen LogP contribution < -0.4 is 0 Å². The van der Waals surface area contributed by atoms with Gasteiger partial charge in [0.1, 0.15) is 17.3 Å². The summed E-state index contributed by atoms with van der Waals surface area (Å²) in [7, 11) is 2.08. The number of aromatic nitrogens is 4. The summed E-state index contributed by atoms with van der Waals surface area (Å²) in [6, 6.07) is 5.47. The number of hydrogen-bond donors (Lipinski definition) is 0. The van der Waals surface area contributed by atoms with Gasteiger partial charge in [0, 0.05) is 32.3 Å². The third-order valence-electron chi connectivity index (χ3n) is 5.84. The molecule has 0 saturated carbocycles. The molecular formula is C20H28N6O. The van der Waals surface area contributed by atoms with Crippen molar-refractivity contribution < 1.29 is 4.79 Å². The Morgan fingerprint density at radius 1 is 1.07 bits per heavy atom. The summed E-state index contributed by atoms with van der Waals surface area (Å²) in [6.07, 6.45) is 7.43. The van der Waals surface area contributed by atoms with Crippen molar-refractivity contribution in [2.45, 2.75) is 44.6 Å². The zero-order valence-corrected chi connectivity index (χ0v) is 16.0. The highest BCUT2D eigenvalue weighted by Gasteiger charge is 2.28. The fourth-order valence-electron chi connectivity index (χ4n) is 4.18. The van der Waals surface area contributed by atoms with E-state index in [1.165, 1.54) is 19.3 Å². The second-order valence-electron chi connectivity index (χ2n) is 7.65. The molecule has 0 aliphatic carbocycles. The molecule has 0 spiro atoms. The van der Waals surface area contributed by atoms with E-state index in [-0.39, 0.29) is 5.91 Å². The second kappa shape index (κ2) is 8.17. The van der Waals surface area contributed by atoms with Gasteiger partial charge in [0.05, 0.1) is 6.54 Å². The molecule has 2 aliphatic heterocycles. The summed E-state index contributed by atoms with van der Waals surface area (Å²) in [5, 5.41) is 8.97. The number of piperidine rings is 2. The number of likely N-dealkylation sites (tertiary alicyclic amines) is 2. The van der Waals surface area contributed by atoms with Gasteiger partial charge in [0.2, 0.25) is 0 Å². The number of carbonyl (C=O) groups is 1. The maximum atomic E-state index is 12.6. The van der Waals surface area contributed by atoms with Gasteiger partial charge in [0.15, 0.2) is 0 Å². The summed E-state index contributed by atoms with van der Waals surface area (Å²) in [5.74, 6) is 2.51. The van der Waals surface area contributed by atoms with Crippen LogP contribution in [0.5, 0.6) is 0 Å². The van der Waals surface area contributed by atoms with Crippen LogP contribution in [0.2, 0.25) is 0 Å². The number of amides is 1. The molecular weight excluding hydrogens is 340 g/mol. The molecule has 2 fully saturated rings. The number of carbonyl (C=O) groups excluding carboxylic acids is 1. The molecule has 2 aromatic rings. The average molecular weight is 368 g/mol. The van der Waals surface area contributed by atoms with Gasteiger partial charge >= 0.3 is 0 Å². The Balaban J connectivity index is 1.36. The van der Waals surface area contributed by atoms with Crippen molar-refractivity contribution in [1.82, 2.24) is 29.5 Å². The van der Waals surface area contributed by atoms with Gasteiger partial charge in [-0.2, -0.15) is 0 Å². The normalized spacial score (nSPS) is 19.4. The molecule has 0 unspecified atom stereocenters. The molecule has 0 radical (unpaired) electrons. The van der Waals surface area contributed by atoms with Crippen LogP contribution >= 0.6 is 0 Å². The van der Waals surface area contributed by atoms with E-state index in [1.54, 1.807) is 12.3 Å². The number of nitrogens with zero attached hydrogens (tertiary/aromatic N) is 6. The van der Waals surface area contributed by atoms with Gasteiger partial charge in [-0.05, 0) is 50.9 Å². The van der Waals surface area contributed by atoms with E-state index in [2.05, 4.69) is 31.7 Å². The highest BCUT2D eigenvalue weighted by molar-refractivity contribution is 5.92. The Kier molecular flexibility index (Phi) is 5.48. The minimum Gasteiger partial charge on any atom is -0.337 e. The molecule has 7 heteroatoms. The van der Waals surface area contributed by atoms with E-state index < -0.39 is 0 Å². The monoisotopic (exact) mass is 368 g/mol. The molecule has 2 saturated heterocycles. The molecule has 1 amide bonds. The van der Waals surface area contributed by atoms with Crippen LogP contribution in [0.1, 0.15) is 60.2 Å². The fourth-order valence-corrected chi connectivity index (χ4v) is 4.18. The van der Waals surface area contributed by atoms with Gasteiger partial charge in [-0.3, -0.25) is 14.7 Å². The van der Waals surface area contributed by atoms with E-state index in [4.69, 9.17) is 0 Å². The third kappa shape index (κ3) is 4.03. The average Bonchev–Trinajstić information content (AvgIpc) is 3.09. The van der Waals surface area contributed by atoms with Crippen molar-refractivity contribution in [2.75, 3.05) is 26.2 Å². The second-order valence-corrected chi connectivity index (χ2v) is 7.65. The first-order valence-corrected chi connectivity index (χ1v) is 10.0. The predicted octanol–water partition coefficient (Wildman–Crippen LogP) is 2.22. The molecule has 7 nitrogen and oxygen atoms in total. The molecule has 4 rings (SSSR count). The Labute approximate surface area is 160 Å². The van der Waals surface area contributed by atoms with Crippen molar-refractivity contribution in [3.63, 3.8) is 0 Å². The summed E-state index contributed by atoms with van der Waals surface area (Å²) in [5.41, 5.74) is 0.526. The van der Waals surface area contributed by atoms with Crippen molar-refractivity contribution in [3.05, 3.63) is 41.7 Å². The summed E-state index contributed by atoms with van der Waals surface area (Å²) in [4.78, 5) is 21.1. The summed E-state index contributed by atoms with van der Waals surface area (Å²) >= 11 is 0. The van der Waals surface area contributed by atoms with Crippen LogP contribution in [0.15, 0.2) is 24.4 Å². The van der Waals surface area contributed by atoms with Crippen LogP contribution in [0.3, 0.4) is 0 Å². The van der Waals surface area contributed by atoms with E-state index >= 15 is 0 Å². The number of hydrogen-bond acceptors (Lipinski definition) is 5. The Hall–Kier alpha value is -2.28. The number of pyridine rings is 1. The molecule has 144 valence electrons. The van der Waals surface area contributed by atoms with Gasteiger partial charge in [-0.15, -0.1) is 10.2 Å². The molecule has 27 heavy (non-hydrogen) atoms. The third-order valence-corrected chi connectivity index (χ3v) is 5.84. The lowest BCUT2D eigenvalue weighted by atomic mass is 9.95. The lowest BCUT2D eigenvalue weighted by Gasteiger charge is -2.31. The zero-order chi connectivity index (χ0) is 18.6. The lowest BCUT2D eigenvalue weighted by molar-refractivity contribution is 0.0704. The van der Waals surface area contributed by atoms with Gasteiger partial charge in [-0.1, -0.05) is 12.5 Å². The van der Waals surface area contributed by atoms with Crippen molar-refractivity contribution in [2.24, 2.45) is 7.05 Å². The van der Waals surface area contributed by atoms with Crippen molar-refractivity contribution >= 4 is 5.91 Å². The summed E-state index contributed by atoms with van der Waals surface area (Å²) < 4.78 is 2.18. The minimum absolute atomic E-state index is 0.0257. The zero-order valence-electron chi connectivity index (χ0n) is 16.0. The standard InChI is InChI=1S/C20H28N6O/c1-24-18(15-25-11-5-2-6-12-25)22-23-19(24)16-8-13-26(14-9-16)20(27)17-7-3-4-10-21-17/h3-4,7,10,16H,2,5-6,8-9,11-15H2,1H3. The lowest BCUT2D eigenvalue weighted by Crippen LogP contribution is -2.38. The van der Waals surface area contributed by atoms with E-state index in [0.29, 0.717) is 11.6 Å². The maximum absolute atomic E-state index is 12.6. The van der Waals surface area contributed by atoms with Crippen molar-refractivity contribution in [1.29, 1.82) is 0 Å². The van der Waals surface area contributed by atoms with Gasteiger partial charge < -0.3 is 9.47 Å². The predicted molar refractivity (Wildman–Crippen MR) is 102 cm³/mol. The van der Waals surface area contributed by atoms with Crippen LogP contribution in [-0.4, -0.2) is 61.6 Å². The van der Waals surface area contributed by atoms with Gasteiger partial charge in [-0.25, -0.2) is 0 Å². The van der Waals surface area contributed by atoms with E-state index in [0.717, 1.165) is 57.2 Å². The van der Waals surface area contributed by atoms with Crippen LogP contribution in [0, 0.1) is 0 Å². The van der Waals surface area contributed by atoms with Crippen LogP contribution in [-0.2, 0) is 13.6 Å². The van der Waals surface area contributed by atoms with E-state index in [9.17, 15) is 4.79 Å². The smallest absolute Gasteiger partial charge is 0.272 e. The fraction of sp³-hybridized carbons (Fsp3) is 0.600. The largest absolute Gasteiger partial charge is 0.337 e. The highest BCUT2D eigenvalue weighted by atomic mass is 16.2. The highest BCUT2D eigenvalue weighted by Crippen LogP contribution is 2.27. The molecule has 0 N–H and O–H groups in total. The minimum atomic E-state index is 0.0257. The molecule has 0 bridgehead atoms.